The van der Waals surface area contributed by atoms with Crippen LogP contribution >= 0.6 is 12.6 Å². The number of aromatic amines is 1. The monoisotopic (exact) mass is 492 g/mol. The molecule has 0 saturated carbocycles. The molecule has 8 N–H and O–H groups in total. The third kappa shape index (κ3) is 8.08. The zero-order chi connectivity index (χ0) is 25.3. The van der Waals surface area contributed by atoms with E-state index in [9.17, 15) is 29.4 Å². The number of hydrogen-bond acceptors (Lipinski definition) is 8. The Bertz CT molecular complexity index is 984. The van der Waals surface area contributed by atoms with Crippen LogP contribution in [0.5, 0.6) is 5.75 Å². The number of imidazole rings is 1. The number of aromatic hydroxyl groups is 1. The molecule has 4 unspecified atom stereocenters. The Hall–Kier alpha value is -3.58. The number of phenolic OH excluding ortho intramolecular Hbond substituents is 1. The number of nitrogens with two attached hydrogens (primary N) is 1. The van der Waals surface area contributed by atoms with Crippen molar-refractivity contribution in [3.63, 3.8) is 0 Å². The lowest BCUT2D eigenvalue weighted by Gasteiger charge is -2.23. The predicted molar refractivity (Wildman–Crippen MR) is 125 cm³/mol. The van der Waals surface area contributed by atoms with Crippen molar-refractivity contribution >= 4 is 36.3 Å². The van der Waals surface area contributed by atoms with Gasteiger partial charge in [0.1, 0.15) is 23.9 Å². The average molecular weight is 493 g/mol. The minimum Gasteiger partial charge on any atom is -0.508 e. The van der Waals surface area contributed by atoms with Gasteiger partial charge in [-0.15, -0.1) is 0 Å². The van der Waals surface area contributed by atoms with Gasteiger partial charge in [-0.1, -0.05) is 12.1 Å². The van der Waals surface area contributed by atoms with E-state index in [1.54, 1.807) is 0 Å². The lowest BCUT2D eigenvalue weighted by Crippen LogP contribution is -2.57. The molecule has 0 saturated heterocycles. The normalized spacial score (nSPS) is 14.3. The quantitative estimate of drug-likeness (QED) is 0.167. The second-order valence-electron chi connectivity index (χ2n) is 7.63. The highest BCUT2D eigenvalue weighted by molar-refractivity contribution is 7.80. The second-order valence-corrected chi connectivity index (χ2v) is 8.00. The first-order valence-electron chi connectivity index (χ1n) is 10.4. The number of hydrogen-bond donors (Lipinski definition) is 8. The zero-order valence-electron chi connectivity index (χ0n) is 18.4. The van der Waals surface area contributed by atoms with Crippen LogP contribution in [0, 0.1) is 0 Å². The smallest absolute Gasteiger partial charge is 0.326 e. The lowest BCUT2D eigenvalue weighted by molar-refractivity contribution is -0.142. The number of H-pyrrole nitrogens is 1. The molecule has 34 heavy (non-hydrogen) atoms. The molecule has 1 aromatic heterocycles. The Morgan fingerprint density at radius 1 is 1.03 bits per heavy atom. The number of nitrogens with one attached hydrogen (secondary N) is 4. The Balaban J connectivity index is 1.91. The summed E-state index contributed by atoms with van der Waals surface area (Å²) in [6.07, 6.45) is 3.15. The van der Waals surface area contributed by atoms with Gasteiger partial charge in [0, 0.05) is 30.5 Å². The van der Waals surface area contributed by atoms with Crippen molar-refractivity contribution in [1.82, 2.24) is 25.9 Å². The van der Waals surface area contributed by atoms with E-state index in [1.807, 2.05) is 0 Å². The van der Waals surface area contributed by atoms with E-state index < -0.39 is 47.9 Å². The number of amides is 3. The van der Waals surface area contributed by atoms with Crippen LogP contribution in [0.4, 0.5) is 0 Å². The van der Waals surface area contributed by atoms with Gasteiger partial charge >= 0.3 is 5.97 Å². The van der Waals surface area contributed by atoms with E-state index in [1.165, 1.54) is 43.7 Å². The Kier molecular flexibility index (Phi) is 9.89. The first-order chi connectivity index (χ1) is 16.1. The van der Waals surface area contributed by atoms with E-state index in [4.69, 9.17) is 5.73 Å². The van der Waals surface area contributed by atoms with Crippen molar-refractivity contribution in [1.29, 1.82) is 0 Å². The highest BCUT2D eigenvalue weighted by Crippen LogP contribution is 2.11. The van der Waals surface area contributed by atoms with Gasteiger partial charge in [-0.2, -0.15) is 12.6 Å². The summed E-state index contributed by atoms with van der Waals surface area (Å²) in [6.45, 7) is 1.43. The molecular weight excluding hydrogens is 464 g/mol. The van der Waals surface area contributed by atoms with Crippen LogP contribution in [0.1, 0.15) is 18.2 Å². The number of thiol groups is 1. The van der Waals surface area contributed by atoms with Gasteiger partial charge in [0.25, 0.3) is 0 Å². The maximum absolute atomic E-state index is 12.6. The third-order valence-corrected chi connectivity index (χ3v) is 5.25. The summed E-state index contributed by atoms with van der Waals surface area (Å²) in [6, 6.07) is 1.54. The van der Waals surface area contributed by atoms with Crippen molar-refractivity contribution in [2.45, 2.75) is 43.9 Å². The molecule has 0 bridgehead atoms. The molecule has 0 fully saturated rings. The molecule has 2 aromatic rings. The molecule has 1 aromatic carbocycles. The molecule has 0 aliphatic rings. The summed E-state index contributed by atoms with van der Waals surface area (Å²) in [7, 11) is 0. The highest BCUT2D eigenvalue weighted by atomic mass is 32.1. The van der Waals surface area contributed by atoms with Crippen LogP contribution in [-0.4, -0.2) is 73.8 Å². The molecule has 0 radical (unpaired) electrons. The van der Waals surface area contributed by atoms with Crippen molar-refractivity contribution in [3.05, 3.63) is 48.0 Å². The summed E-state index contributed by atoms with van der Waals surface area (Å²) >= 11 is 4.07. The number of benzene rings is 1. The fraction of sp³-hybridized carbons (Fsp3) is 0.381. The van der Waals surface area contributed by atoms with E-state index in [0.717, 1.165) is 0 Å². The fourth-order valence-corrected chi connectivity index (χ4v) is 3.20. The van der Waals surface area contributed by atoms with Crippen molar-refractivity contribution in [2.75, 3.05) is 5.75 Å². The number of carboxylic acid groups (broad SMARTS) is 1. The van der Waals surface area contributed by atoms with Gasteiger partial charge in [-0.05, 0) is 24.6 Å². The Morgan fingerprint density at radius 2 is 1.68 bits per heavy atom. The molecule has 0 aliphatic heterocycles. The molecule has 3 amide bonds. The van der Waals surface area contributed by atoms with Crippen LogP contribution < -0.4 is 21.7 Å². The number of phenols is 1. The molecule has 0 spiro atoms. The second kappa shape index (κ2) is 12.6. The summed E-state index contributed by atoms with van der Waals surface area (Å²) < 4.78 is 0. The first-order valence-corrected chi connectivity index (χ1v) is 11.0. The molecular formula is C21H28N6O6S. The van der Waals surface area contributed by atoms with Gasteiger partial charge in [-0.25, -0.2) is 9.78 Å². The third-order valence-electron chi connectivity index (χ3n) is 4.89. The van der Waals surface area contributed by atoms with Crippen LogP contribution in [-0.2, 0) is 32.0 Å². The number of aromatic nitrogens is 2. The predicted octanol–water partition coefficient (Wildman–Crippen LogP) is -1.28. The van der Waals surface area contributed by atoms with Gasteiger partial charge in [0.2, 0.25) is 17.7 Å². The van der Waals surface area contributed by atoms with Crippen molar-refractivity contribution < 1.29 is 29.4 Å². The van der Waals surface area contributed by atoms with Crippen LogP contribution in [0.15, 0.2) is 36.8 Å². The molecule has 12 nitrogen and oxygen atoms in total. The topological polar surface area (TPSA) is 200 Å². The Labute approximate surface area is 201 Å². The van der Waals surface area contributed by atoms with E-state index >= 15 is 0 Å². The molecule has 4 atom stereocenters. The number of carbonyl (C=O) groups excluding carboxylic acids is 3. The maximum atomic E-state index is 12.6. The van der Waals surface area contributed by atoms with Gasteiger partial charge in [0.15, 0.2) is 0 Å². The number of nitrogens with zero attached hydrogens (tertiary/aromatic N) is 1. The van der Waals surface area contributed by atoms with E-state index in [-0.39, 0.29) is 24.3 Å². The van der Waals surface area contributed by atoms with Crippen LogP contribution in [0.3, 0.4) is 0 Å². The lowest BCUT2D eigenvalue weighted by atomic mass is 10.1. The largest absolute Gasteiger partial charge is 0.508 e. The van der Waals surface area contributed by atoms with Crippen molar-refractivity contribution in [3.8, 4) is 5.75 Å². The summed E-state index contributed by atoms with van der Waals surface area (Å²) in [4.78, 5) is 55.6. The zero-order valence-corrected chi connectivity index (χ0v) is 19.3. The summed E-state index contributed by atoms with van der Waals surface area (Å²) in [5, 5.41) is 26.1. The van der Waals surface area contributed by atoms with Crippen molar-refractivity contribution in [2.24, 2.45) is 5.73 Å². The summed E-state index contributed by atoms with van der Waals surface area (Å²) in [5.41, 5.74) is 7.09. The highest BCUT2D eigenvalue weighted by Gasteiger charge is 2.28. The fourth-order valence-electron chi connectivity index (χ4n) is 2.94. The minimum atomic E-state index is -1.27. The van der Waals surface area contributed by atoms with Crippen LogP contribution in [0.25, 0.3) is 0 Å². The number of rotatable bonds is 12. The molecule has 2 rings (SSSR count). The first kappa shape index (κ1) is 26.7. The van der Waals surface area contributed by atoms with Gasteiger partial charge in [-0.3, -0.25) is 14.4 Å². The van der Waals surface area contributed by atoms with Gasteiger partial charge in [0.05, 0.1) is 12.4 Å². The summed E-state index contributed by atoms with van der Waals surface area (Å²) in [5.74, 6) is -3.32. The molecule has 0 aliphatic carbocycles. The van der Waals surface area contributed by atoms with E-state index in [2.05, 4.69) is 38.5 Å². The standard InChI is InChI=1S/C21H28N6O6S/c1-11(25-19(30)15(22)7-13-8-23-10-24-13)18(29)27-17(9-34)20(31)26-16(21(32)33)6-12-2-4-14(28)5-3-12/h2-5,8,10-11,15-17,28,34H,6-7,9,22H2,1H3,(H,23,24)(H,25,30)(H,26,31)(H,27,29)(H,32,33). The minimum absolute atomic E-state index is 0.0287. The molecule has 13 heteroatoms. The Morgan fingerprint density at radius 3 is 2.24 bits per heavy atom. The number of aliphatic carboxylic acids is 1. The molecule has 1 heterocycles. The molecule has 184 valence electrons. The number of carbonyl (C=O) groups is 4. The SMILES string of the molecule is CC(NC(=O)C(N)Cc1cnc[nH]1)C(=O)NC(CS)C(=O)NC(Cc1ccc(O)cc1)C(=O)O. The van der Waals surface area contributed by atoms with Gasteiger partial charge < -0.3 is 36.9 Å². The van der Waals surface area contributed by atoms with Crippen LogP contribution in [0.2, 0.25) is 0 Å². The average Bonchev–Trinajstić information content (AvgIpc) is 3.30. The van der Waals surface area contributed by atoms with E-state index in [0.29, 0.717) is 11.3 Å². The maximum Gasteiger partial charge on any atom is 0.326 e. The number of carboxylic acids is 1.